The summed E-state index contributed by atoms with van der Waals surface area (Å²) in [6.07, 6.45) is 4.86. The third-order valence-corrected chi connectivity index (χ3v) is 4.72. The molecule has 0 aliphatic carbocycles. The molecule has 8 heteroatoms. The lowest BCUT2D eigenvalue weighted by molar-refractivity contribution is 0.0730. The van der Waals surface area contributed by atoms with Gasteiger partial charge in [0.1, 0.15) is 6.26 Å². The van der Waals surface area contributed by atoms with E-state index < -0.39 is 15.1 Å². The second-order valence-electron chi connectivity index (χ2n) is 5.40. The predicted molar refractivity (Wildman–Crippen MR) is 78.5 cm³/mol. The third-order valence-electron chi connectivity index (χ3n) is 3.94. The lowest BCUT2D eigenvalue weighted by Crippen LogP contribution is -2.31. The Kier molecular flexibility index (Phi) is 3.57. The number of nitrogens with two attached hydrogens (primary N) is 1. The first-order valence-corrected chi connectivity index (χ1v) is 8.46. The van der Waals surface area contributed by atoms with Crippen LogP contribution in [0, 0.1) is 0 Å². The number of primary sulfonamides is 1. The molecule has 2 N–H and O–H groups in total. The van der Waals surface area contributed by atoms with Gasteiger partial charge in [-0.15, -0.1) is 0 Å². The van der Waals surface area contributed by atoms with Crippen molar-refractivity contribution < 1.29 is 17.6 Å². The summed E-state index contributed by atoms with van der Waals surface area (Å²) in [5.74, 6) is -0.248. The van der Waals surface area contributed by atoms with Gasteiger partial charge in [-0.1, -0.05) is 0 Å². The van der Waals surface area contributed by atoms with Crippen LogP contribution < -0.4 is 5.14 Å². The van der Waals surface area contributed by atoms with E-state index in [9.17, 15) is 13.2 Å². The Balaban J connectivity index is 1.88. The van der Waals surface area contributed by atoms with Crippen LogP contribution in [-0.2, 0) is 17.1 Å². The third kappa shape index (κ3) is 2.55. The van der Waals surface area contributed by atoms with Crippen molar-refractivity contribution in [2.24, 2.45) is 12.2 Å². The average molecular weight is 323 g/mol. The molecule has 1 amide bonds. The Morgan fingerprint density at radius 1 is 1.45 bits per heavy atom. The monoisotopic (exact) mass is 323 g/mol. The van der Waals surface area contributed by atoms with E-state index in [2.05, 4.69) is 0 Å². The first-order chi connectivity index (χ1) is 10.4. The van der Waals surface area contributed by atoms with Crippen LogP contribution in [0.3, 0.4) is 0 Å². The summed E-state index contributed by atoms with van der Waals surface area (Å²) in [4.78, 5) is 14.4. The fraction of sp³-hybridized carbons (Fsp3) is 0.357. The maximum atomic E-state index is 12.6. The van der Waals surface area contributed by atoms with Crippen molar-refractivity contribution in [3.63, 3.8) is 0 Å². The van der Waals surface area contributed by atoms with Gasteiger partial charge in [-0.2, -0.15) is 0 Å². The number of hydrogen-bond acceptors (Lipinski definition) is 4. The lowest BCUT2D eigenvalue weighted by atomic mass is 10.1. The highest BCUT2D eigenvalue weighted by atomic mass is 32.2. The van der Waals surface area contributed by atoms with Gasteiger partial charge in [0.2, 0.25) is 5.09 Å². The van der Waals surface area contributed by atoms with Crippen molar-refractivity contribution in [1.82, 2.24) is 9.47 Å². The molecule has 0 saturated carbocycles. The number of furan rings is 1. The summed E-state index contributed by atoms with van der Waals surface area (Å²) in [5.41, 5.74) is 1.26. The Hall–Kier alpha value is -2.06. The van der Waals surface area contributed by atoms with Crippen molar-refractivity contribution in [2.45, 2.75) is 24.0 Å². The minimum Gasteiger partial charge on any atom is -0.451 e. The van der Waals surface area contributed by atoms with E-state index in [1.807, 2.05) is 29.9 Å². The van der Waals surface area contributed by atoms with Crippen LogP contribution in [0.5, 0.6) is 0 Å². The number of carbonyl (C=O) groups excluding carboxylic acids is 1. The fourth-order valence-electron chi connectivity index (χ4n) is 2.88. The zero-order valence-electron chi connectivity index (χ0n) is 12.1. The Bertz CT molecular complexity index is 806. The van der Waals surface area contributed by atoms with Crippen LogP contribution in [0.1, 0.15) is 34.9 Å². The number of likely N-dealkylation sites (tertiary alicyclic amines) is 1. The minimum absolute atomic E-state index is 0.0136. The van der Waals surface area contributed by atoms with Crippen molar-refractivity contribution in [3.05, 3.63) is 41.9 Å². The largest absolute Gasteiger partial charge is 0.451 e. The Morgan fingerprint density at radius 3 is 2.82 bits per heavy atom. The highest BCUT2D eigenvalue weighted by Gasteiger charge is 2.33. The van der Waals surface area contributed by atoms with E-state index in [1.54, 1.807) is 4.90 Å². The molecular formula is C14H17N3O4S. The molecule has 1 aliphatic heterocycles. The molecule has 1 saturated heterocycles. The molecule has 1 aliphatic rings. The van der Waals surface area contributed by atoms with Crippen LogP contribution in [-0.4, -0.2) is 30.3 Å². The first-order valence-electron chi connectivity index (χ1n) is 6.91. The number of carbonyl (C=O) groups is 1. The number of amides is 1. The quantitative estimate of drug-likeness (QED) is 0.918. The summed E-state index contributed by atoms with van der Waals surface area (Å²) >= 11 is 0. The molecule has 1 fully saturated rings. The Labute approximate surface area is 128 Å². The van der Waals surface area contributed by atoms with Gasteiger partial charge in [0, 0.05) is 31.5 Å². The molecule has 0 bridgehead atoms. The van der Waals surface area contributed by atoms with Gasteiger partial charge in [0.05, 0.1) is 11.6 Å². The van der Waals surface area contributed by atoms with E-state index in [4.69, 9.17) is 9.56 Å². The zero-order valence-corrected chi connectivity index (χ0v) is 12.9. The van der Waals surface area contributed by atoms with Crippen molar-refractivity contribution in [1.29, 1.82) is 0 Å². The minimum atomic E-state index is -3.94. The van der Waals surface area contributed by atoms with Crippen molar-refractivity contribution in [2.75, 3.05) is 6.54 Å². The molecular weight excluding hydrogens is 306 g/mol. The number of rotatable bonds is 3. The van der Waals surface area contributed by atoms with Crippen LogP contribution in [0.25, 0.3) is 0 Å². The van der Waals surface area contributed by atoms with Crippen LogP contribution in [0.15, 0.2) is 40.2 Å². The summed E-state index contributed by atoms with van der Waals surface area (Å²) in [5, 5.41) is 4.60. The second-order valence-corrected chi connectivity index (χ2v) is 6.89. The van der Waals surface area contributed by atoms with Gasteiger partial charge < -0.3 is 13.9 Å². The van der Waals surface area contributed by atoms with Gasteiger partial charge >= 0.3 is 0 Å². The molecule has 22 heavy (non-hydrogen) atoms. The number of hydrogen-bond donors (Lipinski definition) is 1. The van der Waals surface area contributed by atoms with Crippen molar-refractivity contribution in [3.8, 4) is 0 Å². The molecule has 1 atom stereocenters. The van der Waals surface area contributed by atoms with Gasteiger partial charge in [-0.3, -0.25) is 4.79 Å². The number of nitrogens with zero attached hydrogens (tertiary/aromatic N) is 2. The van der Waals surface area contributed by atoms with E-state index in [1.165, 1.54) is 6.07 Å². The predicted octanol–water partition coefficient (Wildman–Crippen LogP) is 1.24. The van der Waals surface area contributed by atoms with Gasteiger partial charge in [-0.25, -0.2) is 13.6 Å². The van der Waals surface area contributed by atoms with E-state index in [0.29, 0.717) is 6.54 Å². The van der Waals surface area contributed by atoms with E-state index >= 15 is 0 Å². The maximum absolute atomic E-state index is 12.6. The first kappa shape index (κ1) is 14.9. The topological polar surface area (TPSA) is 98.5 Å². The van der Waals surface area contributed by atoms with Crippen LogP contribution in [0.2, 0.25) is 0 Å². The van der Waals surface area contributed by atoms with Gasteiger partial charge in [0.25, 0.3) is 15.9 Å². The SMILES string of the molecule is Cn1cccc1C1CCCN1C(=O)c1coc(S(N)(=O)=O)c1. The maximum Gasteiger partial charge on any atom is 0.271 e. The Morgan fingerprint density at radius 2 is 2.23 bits per heavy atom. The summed E-state index contributed by atoms with van der Waals surface area (Å²) in [6, 6.07) is 5.09. The standard InChI is InChI=1S/C14H17N3O4S/c1-16-6-2-4-11(16)12-5-3-7-17(12)14(18)10-8-13(21-9-10)22(15,19)20/h2,4,6,8-9,12H,3,5,7H2,1H3,(H2,15,19,20). The normalized spacial score (nSPS) is 18.8. The van der Waals surface area contributed by atoms with E-state index in [0.717, 1.165) is 24.8 Å². The summed E-state index contributed by atoms with van der Waals surface area (Å²) in [6.45, 7) is 0.630. The fourth-order valence-corrected chi connectivity index (χ4v) is 3.35. The highest BCUT2D eigenvalue weighted by Crippen LogP contribution is 2.33. The van der Waals surface area contributed by atoms with Gasteiger partial charge in [0.15, 0.2) is 0 Å². The molecule has 118 valence electrons. The molecule has 3 rings (SSSR count). The number of sulfonamides is 1. The summed E-state index contributed by atoms with van der Waals surface area (Å²) < 4.78 is 29.4. The molecule has 0 aromatic carbocycles. The zero-order chi connectivity index (χ0) is 15.9. The molecule has 7 nitrogen and oxygen atoms in total. The second kappa shape index (κ2) is 5.29. The highest BCUT2D eigenvalue weighted by molar-refractivity contribution is 7.89. The van der Waals surface area contributed by atoms with Crippen LogP contribution >= 0.6 is 0 Å². The molecule has 2 aromatic rings. The van der Waals surface area contributed by atoms with Gasteiger partial charge in [-0.05, 0) is 25.0 Å². The summed E-state index contributed by atoms with van der Waals surface area (Å²) in [7, 11) is -2.01. The average Bonchev–Trinajstić information content (AvgIpc) is 3.16. The lowest BCUT2D eigenvalue weighted by Gasteiger charge is -2.24. The van der Waals surface area contributed by atoms with E-state index in [-0.39, 0.29) is 17.5 Å². The molecule has 0 spiro atoms. The van der Waals surface area contributed by atoms with Crippen molar-refractivity contribution >= 4 is 15.9 Å². The molecule has 3 heterocycles. The smallest absolute Gasteiger partial charge is 0.271 e. The number of aromatic nitrogens is 1. The molecule has 0 radical (unpaired) electrons. The number of aryl methyl sites for hydroxylation is 1. The molecule has 2 aromatic heterocycles. The molecule has 1 unspecified atom stereocenters. The van der Waals surface area contributed by atoms with Crippen LogP contribution in [0.4, 0.5) is 0 Å².